The van der Waals surface area contributed by atoms with Gasteiger partial charge in [-0.1, -0.05) is 13.3 Å². The van der Waals surface area contributed by atoms with Crippen LogP contribution in [-0.2, 0) is 0 Å². The molecule has 13 heavy (non-hydrogen) atoms. The van der Waals surface area contributed by atoms with Crippen LogP contribution in [0.5, 0.6) is 0 Å². The monoisotopic (exact) mass is 203 g/mol. The van der Waals surface area contributed by atoms with Gasteiger partial charge in [0.25, 0.3) is 0 Å². The predicted molar refractivity (Wildman–Crippen MR) is 59.3 cm³/mol. The van der Waals surface area contributed by atoms with Gasteiger partial charge in [0.1, 0.15) is 0 Å². The Labute approximate surface area is 86.7 Å². The van der Waals surface area contributed by atoms with Crippen molar-refractivity contribution in [1.29, 1.82) is 0 Å². The molecule has 1 aliphatic heterocycles. The summed E-state index contributed by atoms with van der Waals surface area (Å²) >= 11 is 4.34. The molecule has 1 heterocycles. The minimum Gasteiger partial charge on any atom is -0.395 e. The first-order chi connectivity index (χ1) is 6.31. The number of rotatable bonds is 5. The van der Waals surface area contributed by atoms with E-state index < -0.39 is 0 Å². The second kappa shape index (κ2) is 5.89. The first-order valence-electron chi connectivity index (χ1n) is 5.27. The van der Waals surface area contributed by atoms with Gasteiger partial charge in [-0.25, -0.2) is 0 Å². The van der Waals surface area contributed by atoms with Crippen molar-refractivity contribution in [2.24, 2.45) is 5.92 Å². The summed E-state index contributed by atoms with van der Waals surface area (Å²) in [5.41, 5.74) is 0. The van der Waals surface area contributed by atoms with Gasteiger partial charge in [0, 0.05) is 12.6 Å². The minimum atomic E-state index is 0.322. The molecule has 0 aliphatic carbocycles. The van der Waals surface area contributed by atoms with Crippen molar-refractivity contribution in [3.8, 4) is 0 Å². The summed E-state index contributed by atoms with van der Waals surface area (Å²) in [6.07, 6.45) is 3.60. The van der Waals surface area contributed by atoms with Crippen LogP contribution >= 0.6 is 12.6 Å². The van der Waals surface area contributed by atoms with E-state index in [9.17, 15) is 0 Å². The third kappa shape index (κ3) is 3.15. The molecule has 2 unspecified atom stereocenters. The van der Waals surface area contributed by atoms with E-state index in [-0.39, 0.29) is 0 Å². The average molecular weight is 203 g/mol. The minimum absolute atomic E-state index is 0.322. The van der Waals surface area contributed by atoms with E-state index >= 15 is 0 Å². The zero-order chi connectivity index (χ0) is 9.68. The summed E-state index contributed by atoms with van der Waals surface area (Å²) in [4.78, 5) is 2.42. The molecule has 1 N–H and O–H groups in total. The van der Waals surface area contributed by atoms with E-state index in [1.807, 2.05) is 0 Å². The van der Waals surface area contributed by atoms with Crippen molar-refractivity contribution in [1.82, 2.24) is 4.90 Å². The maximum Gasteiger partial charge on any atom is 0.0586 e. The quantitative estimate of drug-likeness (QED) is 0.660. The molecule has 0 aromatic carbocycles. The van der Waals surface area contributed by atoms with E-state index in [2.05, 4.69) is 24.5 Å². The summed E-state index contributed by atoms with van der Waals surface area (Å²) in [5, 5.41) is 9.13. The van der Waals surface area contributed by atoms with Gasteiger partial charge in [-0.05, 0) is 31.1 Å². The van der Waals surface area contributed by atoms with Gasteiger partial charge in [-0.15, -0.1) is 0 Å². The van der Waals surface area contributed by atoms with Crippen molar-refractivity contribution in [2.45, 2.75) is 32.2 Å². The van der Waals surface area contributed by atoms with E-state index in [1.165, 1.54) is 19.3 Å². The molecule has 1 aliphatic rings. The van der Waals surface area contributed by atoms with Gasteiger partial charge < -0.3 is 5.11 Å². The lowest BCUT2D eigenvalue weighted by atomic mass is 10.1. The number of hydrogen-bond donors (Lipinski definition) is 2. The summed E-state index contributed by atoms with van der Waals surface area (Å²) in [6, 6.07) is 0.425. The van der Waals surface area contributed by atoms with Crippen LogP contribution in [0.1, 0.15) is 26.2 Å². The molecule has 78 valence electrons. The SMILES string of the molecule is CCC(CS)CN1CCCC1CO. The summed E-state index contributed by atoms with van der Waals surface area (Å²) in [6.45, 7) is 4.81. The Balaban J connectivity index is 2.33. The molecule has 2 atom stereocenters. The molecule has 2 nitrogen and oxygen atoms in total. The highest BCUT2D eigenvalue weighted by Crippen LogP contribution is 2.19. The highest BCUT2D eigenvalue weighted by atomic mass is 32.1. The molecule has 1 saturated heterocycles. The van der Waals surface area contributed by atoms with E-state index in [0.29, 0.717) is 18.6 Å². The fraction of sp³-hybridized carbons (Fsp3) is 1.00. The van der Waals surface area contributed by atoms with Crippen LogP contribution in [0.3, 0.4) is 0 Å². The van der Waals surface area contributed by atoms with Crippen LogP contribution in [0.15, 0.2) is 0 Å². The molecule has 1 rings (SSSR count). The van der Waals surface area contributed by atoms with Crippen LogP contribution < -0.4 is 0 Å². The van der Waals surface area contributed by atoms with Gasteiger partial charge in [-0.3, -0.25) is 4.90 Å². The smallest absolute Gasteiger partial charge is 0.0586 e. The molecule has 1 fully saturated rings. The summed E-state index contributed by atoms with van der Waals surface area (Å²) in [7, 11) is 0. The molecule has 0 bridgehead atoms. The maximum absolute atomic E-state index is 9.13. The molecular formula is C10H21NOS. The second-order valence-electron chi connectivity index (χ2n) is 3.93. The standard InChI is InChI=1S/C10H21NOS/c1-2-9(8-13)6-11-5-3-4-10(11)7-12/h9-10,12-13H,2-8H2,1H3. The third-order valence-electron chi connectivity index (χ3n) is 3.04. The number of aliphatic hydroxyl groups excluding tert-OH is 1. The molecule has 0 aromatic heterocycles. The van der Waals surface area contributed by atoms with Crippen molar-refractivity contribution in [3.63, 3.8) is 0 Å². The fourth-order valence-corrected chi connectivity index (χ4v) is 2.36. The zero-order valence-corrected chi connectivity index (χ0v) is 9.34. The van der Waals surface area contributed by atoms with Crippen LogP contribution in [0, 0.1) is 5.92 Å². The van der Waals surface area contributed by atoms with Gasteiger partial charge >= 0.3 is 0 Å². The lowest BCUT2D eigenvalue weighted by Crippen LogP contribution is -2.36. The molecule has 0 amide bonds. The number of hydrogen-bond acceptors (Lipinski definition) is 3. The average Bonchev–Trinajstić information content (AvgIpc) is 2.61. The number of thiol groups is 1. The largest absolute Gasteiger partial charge is 0.395 e. The van der Waals surface area contributed by atoms with Gasteiger partial charge in [0.05, 0.1) is 6.61 Å². The highest BCUT2D eigenvalue weighted by molar-refractivity contribution is 7.80. The Morgan fingerprint density at radius 3 is 2.92 bits per heavy atom. The first kappa shape index (κ1) is 11.3. The van der Waals surface area contributed by atoms with E-state index in [4.69, 9.17) is 5.11 Å². The number of aliphatic hydroxyl groups is 1. The molecular weight excluding hydrogens is 182 g/mol. The van der Waals surface area contributed by atoms with Gasteiger partial charge in [-0.2, -0.15) is 12.6 Å². The fourth-order valence-electron chi connectivity index (χ4n) is 1.99. The predicted octanol–water partition coefficient (Wildman–Crippen LogP) is 1.40. The topological polar surface area (TPSA) is 23.5 Å². The lowest BCUT2D eigenvalue weighted by Gasteiger charge is -2.26. The maximum atomic E-state index is 9.13. The van der Waals surface area contributed by atoms with Crippen LogP contribution in [0.4, 0.5) is 0 Å². The number of nitrogens with zero attached hydrogens (tertiary/aromatic N) is 1. The Kier molecular flexibility index (Phi) is 5.14. The van der Waals surface area contributed by atoms with Crippen molar-refractivity contribution in [3.05, 3.63) is 0 Å². The van der Waals surface area contributed by atoms with Crippen LogP contribution in [0.25, 0.3) is 0 Å². The molecule has 0 aromatic rings. The normalized spacial score (nSPS) is 26.5. The highest BCUT2D eigenvalue weighted by Gasteiger charge is 2.24. The van der Waals surface area contributed by atoms with E-state index in [1.54, 1.807) is 0 Å². The van der Waals surface area contributed by atoms with E-state index in [0.717, 1.165) is 18.8 Å². The molecule has 0 saturated carbocycles. The van der Waals surface area contributed by atoms with Crippen molar-refractivity contribution in [2.75, 3.05) is 25.4 Å². The molecule has 0 radical (unpaired) electrons. The Bertz CT molecular complexity index is 139. The van der Waals surface area contributed by atoms with Crippen LogP contribution in [0.2, 0.25) is 0 Å². The second-order valence-corrected chi connectivity index (χ2v) is 4.30. The van der Waals surface area contributed by atoms with Gasteiger partial charge in [0.2, 0.25) is 0 Å². The Morgan fingerprint density at radius 2 is 2.38 bits per heavy atom. The first-order valence-corrected chi connectivity index (χ1v) is 5.90. The Hall–Kier alpha value is 0.270. The zero-order valence-electron chi connectivity index (χ0n) is 8.45. The van der Waals surface area contributed by atoms with Crippen molar-refractivity contribution < 1.29 is 5.11 Å². The number of likely N-dealkylation sites (tertiary alicyclic amines) is 1. The van der Waals surface area contributed by atoms with Crippen LogP contribution in [-0.4, -0.2) is 41.5 Å². The van der Waals surface area contributed by atoms with Gasteiger partial charge in [0.15, 0.2) is 0 Å². The third-order valence-corrected chi connectivity index (χ3v) is 3.55. The Morgan fingerprint density at radius 1 is 1.62 bits per heavy atom. The molecule has 3 heteroatoms. The van der Waals surface area contributed by atoms with Crippen molar-refractivity contribution >= 4 is 12.6 Å². The summed E-state index contributed by atoms with van der Waals surface area (Å²) < 4.78 is 0. The molecule has 0 spiro atoms. The lowest BCUT2D eigenvalue weighted by molar-refractivity contribution is 0.145. The summed E-state index contributed by atoms with van der Waals surface area (Å²) in [5.74, 6) is 1.65.